The second-order valence-electron chi connectivity index (χ2n) is 5.11. The predicted octanol–water partition coefficient (Wildman–Crippen LogP) is 3.93. The fourth-order valence-corrected chi connectivity index (χ4v) is 3.82. The number of thiazole rings is 1. The number of rotatable bonds is 2. The van der Waals surface area contributed by atoms with Crippen molar-refractivity contribution in [2.24, 2.45) is 4.99 Å². The average Bonchev–Trinajstić information content (AvgIpc) is 3.20. The highest BCUT2D eigenvalue weighted by Crippen LogP contribution is 2.33. The number of fused-ring (bicyclic) bond motifs is 1. The first-order valence-corrected chi connectivity index (χ1v) is 8.92. The van der Waals surface area contributed by atoms with Gasteiger partial charge in [-0.2, -0.15) is 4.99 Å². The minimum atomic E-state index is -0.0785. The standard InChI is InChI=1S/C17H12N4OS2/c1-21-15(22)14(24-17(21)20-16-18-8-9-23-16)10-12-7-6-11-4-2-3-5-13(11)19-12/h2-10H,1H3/b14-10-,20-17+. The van der Waals surface area contributed by atoms with Crippen LogP contribution in [0.4, 0.5) is 5.13 Å². The molecule has 5 nitrogen and oxygen atoms in total. The van der Waals surface area contributed by atoms with Gasteiger partial charge < -0.3 is 0 Å². The first-order chi connectivity index (χ1) is 11.7. The number of carbonyl (C=O) groups excluding carboxylic acids is 1. The van der Waals surface area contributed by atoms with E-state index in [-0.39, 0.29) is 5.91 Å². The lowest BCUT2D eigenvalue weighted by atomic mass is 10.2. The van der Waals surface area contributed by atoms with Gasteiger partial charge in [-0.15, -0.1) is 11.3 Å². The Labute approximate surface area is 146 Å². The van der Waals surface area contributed by atoms with Crippen LogP contribution in [-0.4, -0.2) is 33.0 Å². The van der Waals surface area contributed by atoms with Crippen molar-refractivity contribution < 1.29 is 4.79 Å². The van der Waals surface area contributed by atoms with Gasteiger partial charge in [0.25, 0.3) is 5.91 Å². The summed E-state index contributed by atoms with van der Waals surface area (Å²) in [4.78, 5) is 27.7. The summed E-state index contributed by atoms with van der Waals surface area (Å²) >= 11 is 2.78. The largest absolute Gasteiger partial charge is 0.289 e. The third-order valence-corrected chi connectivity index (χ3v) is 5.24. The summed E-state index contributed by atoms with van der Waals surface area (Å²) in [7, 11) is 1.72. The normalized spacial score (nSPS) is 18.2. The van der Waals surface area contributed by atoms with Gasteiger partial charge in [0, 0.05) is 24.0 Å². The number of amides is 1. The number of aliphatic imine (C=N–C) groups is 1. The fourth-order valence-electron chi connectivity index (χ4n) is 2.30. The van der Waals surface area contributed by atoms with Crippen LogP contribution in [0.5, 0.6) is 0 Å². The van der Waals surface area contributed by atoms with Gasteiger partial charge in [-0.3, -0.25) is 9.69 Å². The van der Waals surface area contributed by atoms with Crippen molar-refractivity contribution in [2.75, 3.05) is 7.05 Å². The number of aromatic nitrogens is 2. The van der Waals surface area contributed by atoms with Crippen molar-refractivity contribution in [3.05, 3.63) is 58.6 Å². The number of thioether (sulfide) groups is 1. The lowest BCUT2D eigenvalue weighted by Gasteiger charge is -2.05. The van der Waals surface area contributed by atoms with Gasteiger partial charge in [0.05, 0.1) is 16.1 Å². The van der Waals surface area contributed by atoms with Gasteiger partial charge in [-0.05, 0) is 30.0 Å². The van der Waals surface area contributed by atoms with E-state index < -0.39 is 0 Å². The lowest BCUT2D eigenvalue weighted by molar-refractivity contribution is -0.121. The molecule has 24 heavy (non-hydrogen) atoms. The molecule has 1 aliphatic rings. The molecule has 118 valence electrons. The van der Waals surface area contributed by atoms with Gasteiger partial charge in [-0.1, -0.05) is 24.3 Å². The van der Waals surface area contributed by atoms with Crippen LogP contribution >= 0.6 is 23.1 Å². The summed E-state index contributed by atoms with van der Waals surface area (Å²) in [5, 5.41) is 4.20. The van der Waals surface area contributed by atoms with E-state index in [9.17, 15) is 4.79 Å². The Morgan fingerprint density at radius 3 is 2.92 bits per heavy atom. The zero-order valence-electron chi connectivity index (χ0n) is 12.7. The monoisotopic (exact) mass is 352 g/mol. The summed E-state index contributed by atoms with van der Waals surface area (Å²) in [6.07, 6.45) is 3.50. The van der Waals surface area contributed by atoms with Gasteiger partial charge in [0.2, 0.25) is 5.13 Å². The molecule has 3 aromatic rings. The van der Waals surface area contributed by atoms with Crippen LogP contribution in [0.2, 0.25) is 0 Å². The molecule has 0 radical (unpaired) electrons. The van der Waals surface area contributed by atoms with Crippen LogP contribution in [0.3, 0.4) is 0 Å². The van der Waals surface area contributed by atoms with Crippen LogP contribution < -0.4 is 0 Å². The van der Waals surface area contributed by atoms with Gasteiger partial charge in [0.15, 0.2) is 5.17 Å². The van der Waals surface area contributed by atoms with Crippen molar-refractivity contribution >= 4 is 56.3 Å². The van der Waals surface area contributed by atoms with Gasteiger partial charge >= 0.3 is 0 Å². The van der Waals surface area contributed by atoms with Crippen LogP contribution in [0.25, 0.3) is 17.0 Å². The summed E-state index contributed by atoms with van der Waals surface area (Å²) in [5.41, 5.74) is 1.67. The molecule has 1 saturated heterocycles. The highest BCUT2D eigenvalue weighted by Gasteiger charge is 2.30. The maximum Gasteiger partial charge on any atom is 0.266 e. The second kappa shape index (κ2) is 6.18. The molecule has 0 saturated carbocycles. The van der Waals surface area contributed by atoms with Gasteiger partial charge in [0.1, 0.15) is 0 Å². The number of pyridine rings is 1. The second-order valence-corrected chi connectivity index (χ2v) is 6.99. The van der Waals surface area contributed by atoms with Crippen LogP contribution in [0.1, 0.15) is 5.69 Å². The zero-order chi connectivity index (χ0) is 16.5. The highest BCUT2D eigenvalue weighted by molar-refractivity contribution is 8.18. The molecule has 0 unspecified atom stereocenters. The number of hydrogen-bond acceptors (Lipinski definition) is 6. The Kier molecular flexibility index (Phi) is 3.87. The summed E-state index contributed by atoms with van der Waals surface area (Å²) < 4.78 is 0. The van der Waals surface area contributed by atoms with E-state index in [2.05, 4.69) is 15.0 Å². The maximum atomic E-state index is 12.4. The molecule has 1 fully saturated rings. The van der Waals surface area contributed by atoms with E-state index in [1.54, 1.807) is 24.2 Å². The molecule has 0 spiro atoms. The quantitative estimate of drug-likeness (QED) is 0.656. The smallest absolute Gasteiger partial charge is 0.266 e. The van der Waals surface area contributed by atoms with E-state index in [0.717, 1.165) is 16.6 Å². The molecule has 0 N–H and O–H groups in total. The molecule has 1 aliphatic heterocycles. The first-order valence-electron chi connectivity index (χ1n) is 7.22. The van der Waals surface area contributed by atoms with E-state index in [0.29, 0.717) is 15.2 Å². The van der Waals surface area contributed by atoms with Gasteiger partial charge in [-0.25, -0.2) is 9.97 Å². The minimum absolute atomic E-state index is 0.0785. The molecule has 4 rings (SSSR count). The summed E-state index contributed by atoms with van der Waals surface area (Å²) in [6, 6.07) is 11.8. The van der Waals surface area contributed by atoms with E-state index in [1.807, 2.05) is 41.8 Å². The number of amidine groups is 1. The van der Waals surface area contributed by atoms with Crippen molar-refractivity contribution in [2.45, 2.75) is 0 Å². The van der Waals surface area contributed by atoms with E-state index in [1.165, 1.54) is 23.1 Å². The maximum absolute atomic E-state index is 12.4. The van der Waals surface area contributed by atoms with E-state index >= 15 is 0 Å². The predicted molar refractivity (Wildman–Crippen MR) is 99.3 cm³/mol. The topological polar surface area (TPSA) is 58.5 Å². The Hall–Kier alpha value is -2.51. The average molecular weight is 352 g/mol. The molecule has 1 aromatic carbocycles. The van der Waals surface area contributed by atoms with Crippen LogP contribution in [0, 0.1) is 0 Å². The Balaban J connectivity index is 1.67. The summed E-state index contributed by atoms with van der Waals surface area (Å²) in [5.74, 6) is -0.0785. The molecule has 7 heteroatoms. The van der Waals surface area contributed by atoms with Crippen molar-refractivity contribution in [1.29, 1.82) is 0 Å². The number of carbonyl (C=O) groups is 1. The molecule has 0 atom stereocenters. The molecular formula is C17H12N4OS2. The zero-order valence-corrected chi connectivity index (χ0v) is 14.3. The number of nitrogens with zero attached hydrogens (tertiary/aromatic N) is 4. The molecule has 0 aliphatic carbocycles. The van der Waals surface area contributed by atoms with Crippen molar-refractivity contribution in [1.82, 2.24) is 14.9 Å². The molecule has 2 aromatic heterocycles. The minimum Gasteiger partial charge on any atom is -0.289 e. The first kappa shape index (κ1) is 15.0. The molecule has 0 bridgehead atoms. The molecule has 3 heterocycles. The highest BCUT2D eigenvalue weighted by atomic mass is 32.2. The Morgan fingerprint density at radius 2 is 2.08 bits per heavy atom. The van der Waals surface area contributed by atoms with E-state index in [4.69, 9.17) is 0 Å². The SMILES string of the molecule is CN1C(=O)/C(=C/c2ccc3ccccc3n2)S/C1=N/c1nccs1. The van der Waals surface area contributed by atoms with Crippen LogP contribution in [0.15, 0.2) is 57.9 Å². The lowest BCUT2D eigenvalue weighted by Crippen LogP contribution is -2.23. The third kappa shape index (κ3) is 2.83. The van der Waals surface area contributed by atoms with Crippen LogP contribution in [-0.2, 0) is 4.79 Å². The fraction of sp³-hybridized carbons (Fsp3) is 0.0588. The number of likely N-dealkylation sites (N-methyl/N-ethyl adjacent to an activating group) is 1. The Morgan fingerprint density at radius 1 is 1.21 bits per heavy atom. The number of hydrogen-bond donors (Lipinski definition) is 0. The van der Waals surface area contributed by atoms with Crippen molar-refractivity contribution in [3.8, 4) is 0 Å². The molecular weight excluding hydrogens is 340 g/mol. The third-order valence-electron chi connectivity index (χ3n) is 3.51. The van der Waals surface area contributed by atoms with Crippen molar-refractivity contribution in [3.63, 3.8) is 0 Å². The Bertz CT molecular complexity index is 979. The summed E-state index contributed by atoms with van der Waals surface area (Å²) in [6.45, 7) is 0. The molecule has 1 amide bonds. The number of benzene rings is 1. The number of para-hydroxylation sites is 1.